The highest BCUT2D eigenvalue weighted by molar-refractivity contribution is 7.17. The molecule has 0 atom stereocenters. The minimum atomic E-state index is -0.117. The summed E-state index contributed by atoms with van der Waals surface area (Å²) in [4.78, 5) is 14.4. The van der Waals surface area contributed by atoms with Gasteiger partial charge in [0.1, 0.15) is 6.61 Å². The van der Waals surface area contributed by atoms with Crippen molar-refractivity contribution < 1.29 is 14.6 Å². The number of H-pyrrole nitrogens is 1. The molecule has 2 aromatic heterocycles. The number of thiophene rings is 1. The standard InChI is InChI=1S/C20H17N5O3S/c26-16-8-12(15-11-29-17-4-2-1-3-14(15)17)7-13-10-25(5-6-28-20(13)16)19(27)9-18-21-23-24-22-18/h1-4,7-8,11,26H,5-6,9-10H2,(H,21,22,23,24). The van der Waals surface area contributed by atoms with Crippen LogP contribution in [0.2, 0.25) is 0 Å². The van der Waals surface area contributed by atoms with Crippen molar-refractivity contribution in [3.63, 3.8) is 0 Å². The maximum atomic E-state index is 12.7. The molecule has 2 aromatic carbocycles. The minimum Gasteiger partial charge on any atom is -0.504 e. The molecule has 1 aliphatic rings. The van der Waals surface area contributed by atoms with Crippen molar-refractivity contribution in [1.29, 1.82) is 0 Å². The van der Waals surface area contributed by atoms with Crippen molar-refractivity contribution in [1.82, 2.24) is 25.5 Å². The van der Waals surface area contributed by atoms with E-state index in [0.29, 0.717) is 31.3 Å². The van der Waals surface area contributed by atoms with Gasteiger partial charge in [-0.3, -0.25) is 4.79 Å². The molecular formula is C20H17N5O3S. The van der Waals surface area contributed by atoms with Crippen LogP contribution in [-0.2, 0) is 17.8 Å². The highest BCUT2D eigenvalue weighted by Crippen LogP contribution is 2.41. The largest absolute Gasteiger partial charge is 0.504 e. The van der Waals surface area contributed by atoms with Crippen LogP contribution in [-0.4, -0.2) is 49.7 Å². The summed E-state index contributed by atoms with van der Waals surface area (Å²) in [5.74, 6) is 0.749. The molecule has 29 heavy (non-hydrogen) atoms. The highest BCUT2D eigenvalue weighted by atomic mass is 32.1. The van der Waals surface area contributed by atoms with E-state index in [-0.39, 0.29) is 18.1 Å². The van der Waals surface area contributed by atoms with E-state index in [1.807, 2.05) is 18.2 Å². The quantitative estimate of drug-likeness (QED) is 0.541. The number of carbonyl (C=O) groups is 1. The van der Waals surface area contributed by atoms with Crippen LogP contribution in [0, 0.1) is 0 Å². The van der Waals surface area contributed by atoms with Crippen molar-refractivity contribution in [2.75, 3.05) is 13.2 Å². The van der Waals surface area contributed by atoms with Gasteiger partial charge in [-0.15, -0.1) is 21.5 Å². The Morgan fingerprint density at radius 2 is 2.21 bits per heavy atom. The van der Waals surface area contributed by atoms with Gasteiger partial charge < -0.3 is 14.7 Å². The van der Waals surface area contributed by atoms with E-state index in [1.165, 1.54) is 4.70 Å². The van der Waals surface area contributed by atoms with E-state index in [2.05, 4.69) is 38.1 Å². The Bertz CT molecular complexity index is 1190. The van der Waals surface area contributed by atoms with Gasteiger partial charge in [-0.1, -0.05) is 23.4 Å². The van der Waals surface area contributed by atoms with Crippen LogP contribution in [0.5, 0.6) is 11.5 Å². The zero-order chi connectivity index (χ0) is 19.8. The van der Waals surface area contributed by atoms with Gasteiger partial charge in [0.25, 0.3) is 0 Å². The van der Waals surface area contributed by atoms with E-state index in [9.17, 15) is 9.90 Å². The molecule has 8 nitrogen and oxygen atoms in total. The third-order valence-electron chi connectivity index (χ3n) is 4.96. The predicted molar refractivity (Wildman–Crippen MR) is 108 cm³/mol. The molecule has 0 bridgehead atoms. The summed E-state index contributed by atoms with van der Waals surface area (Å²) in [6, 6.07) is 11.9. The number of hydrogen-bond acceptors (Lipinski definition) is 7. The SMILES string of the molecule is O=C(Cc1nn[nH]n1)N1CCOc2c(O)cc(-c3csc4ccccc34)cc2C1. The summed E-state index contributed by atoms with van der Waals surface area (Å²) in [7, 11) is 0. The first-order valence-corrected chi connectivity index (χ1v) is 10.0. The number of nitrogens with one attached hydrogen (secondary N) is 1. The lowest BCUT2D eigenvalue weighted by Gasteiger charge is -2.19. The first-order chi connectivity index (χ1) is 14.2. The fourth-order valence-corrected chi connectivity index (χ4v) is 4.54. The molecule has 0 saturated carbocycles. The number of phenols is 1. The molecule has 1 aliphatic heterocycles. The molecule has 9 heteroatoms. The molecule has 0 radical (unpaired) electrons. The molecule has 1 amide bonds. The Morgan fingerprint density at radius 3 is 3.07 bits per heavy atom. The zero-order valence-corrected chi connectivity index (χ0v) is 16.1. The number of benzene rings is 2. The Balaban J connectivity index is 1.49. The third-order valence-corrected chi connectivity index (χ3v) is 5.92. The highest BCUT2D eigenvalue weighted by Gasteiger charge is 2.24. The second-order valence-corrected chi connectivity index (χ2v) is 7.71. The van der Waals surface area contributed by atoms with Crippen LogP contribution in [0.1, 0.15) is 11.4 Å². The van der Waals surface area contributed by atoms with Crippen molar-refractivity contribution in [3.8, 4) is 22.6 Å². The van der Waals surface area contributed by atoms with E-state index in [1.54, 1.807) is 22.3 Å². The zero-order valence-electron chi connectivity index (χ0n) is 15.3. The third kappa shape index (κ3) is 3.29. The monoisotopic (exact) mass is 407 g/mol. The van der Waals surface area contributed by atoms with Crippen LogP contribution in [0.3, 0.4) is 0 Å². The van der Waals surface area contributed by atoms with Gasteiger partial charge in [0.2, 0.25) is 5.91 Å². The number of ether oxygens (including phenoxy) is 1. The summed E-state index contributed by atoms with van der Waals surface area (Å²) in [6.07, 6.45) is 0.0622. The fourth-order valence-electron chi connectivity index (χ4n) is 3.57. The number of amides is 1. The Labute approximate surface area is 169 Å². The predicted octanol–water partition coefficient (Wildman–Crippen LogP) is 2.75. The molecule has 3 heterocycles. The molecular weight excluding hydrogens is 390 g/mol. The molecule has 0 fully saturated rings. The fraction of sp³-hybridized carbons (Fsp3) is 0.200. The topological polar surface area (TPSA) is 104 Å². The molecule has 0 saturated heterocycles. The van der Waals surface area contributed by atoms with Gasteiger partial charge in [0, 0.05) is 27.8 Å². The van der Waals surface area contributed by atoms with Crippen LogP contribution in [0.4, 0.5) is 0 Å². The van der Waals surface area contributed by atoms with Gasteiger partial charge in [0.15, 0.2) is 17.3 Å². The van der Waals surface area contributed by atoms with Gasteiger partial charge >= 0.3 is 0 Å². The van der Waals surface area contributed by atoms with Crippen LogP contribution in [0.25, 0.3) is 21.2 Å². The van der Waals surface area contributed by atoms with Gasteiger partial charge in [0.05, 0.1) is 13.0 Å². The van der Waals surface area contributed by atoms with Gasteiger partial charge in [-0.05, 0) is 29.1 Å². The molecule has 5 rings (SSSR count). The number of tetrazole rings is 1. The summed E-state index contributed by atoms with van der Waals surface area (Å²) < 4.78 is 6.95. The van der Waals surface area contributed by atoms with Crippen LogP contribution >= 0.6 is 11.3 Å². The minimum absolute atomic E-state index is 0.0622. The number of nitrogens with zero attached hydrogens (tertiary/aromatic N) is 4. The number of aromatic nitrogens is 4. The number of aromatic amines is 1. The first kappa shape index (κ1) is 17.6. The number of hydrogen-bond donors (Lipinski definition) is 2. The van der Waals surface area contributed by atoms with E-state index >= 15 is 0 Å². The van der Waals surface area contributed by atoms with Crippen LogP contribution < -0.4 is 4.74 Å². The Morgan fingerprint density at radius 1 is 1.31 bits per heavy atom. The number of rotatable bonds is 3. The first-order valence-electron chi connectivity index (χ1n) is 9.14. The normalized spacial score (nSPS) is 13.7. The molecule has 146 valence electrons. The number of fused-ring (bicyclic) bond motifs is 2. The Kier molecular flexibility index (Phi) is 4.36. The van der Waals surface area contributed by atoms with Crippen molar-refractivity contribution in [2.45, 2.75) is 13.0 Å². The average Bonchev–Trinajstić information content (AvgIpc) is 3.33. The second-order valence-electron chi connectivity index (χ2n) is 6.80. The van der Waals surface area contributed by atoms with Crippen molar-refractivity contribution in [2.24, 2.45) is 0 Å². The molecule has 2 N–H and O–H groups in total. The second kappa shape index (κ2) is 7.17. The lowest BCUT2D eigenvalue weighted by atomic mass is 10.0. The Hall–Kier alpha value is -3.46. The summed E-state index contributed by atoms with van der Waals surface area (Å²) in [6.45, 7) is 1.07. The van der Waals surface area contributed by atoms with Crippen LogP contribution in [0.15, 0.2) is 41.8 Å². The molecule has 4 aromatic rings. The molecule has 0 spiro atoms. The lowest BCUT2D eigenvalue weighted by molar-refractivity contribution is -0.131. The summed E-state index contributed by atoms with van der Waals surface area (Å²) in [5.41, 5.74) is 2.72. The van der Waals surface area contributed by atoms with E-state index < -0.39 is 0 Å². The lowest BCUT2D eigenvalue weighted by Crippen LogP contribution is -2.33. The number of phenolic OH excluding ortho intramolecular Hbond substituents is 1. The summed E-state index contributed by atoms with van der Waals surface area (Å²) in [5, 5.41) is 27.4. The maximum Gasteiger partial charge on any atom is 0.230 e. The van der Waals surface area contributed by atoms with Crippen molar-refractivity contribution >= 4 is 27.3 Å². The molecule has 0 aliphatic carbocycles. The smallest absolute Gasteiger partial charge is 0.230 e. The number of carbonyl (C=O) groups excluding carboxylic acids is 1. The average molecular weight is 407 g/mol. The maximum absolute atomic E-state index is 12.7. The van der Waals surface area contributed by atoms with Gasteiger partial charge in [-0.2, -0.15) is 5.21 Å². The molecule has 0 unspecified atom stereocenters. The van der Waals surface area contributed by atoms with Gasteiger partial charge in [-0.25, -0.2) is 0 Å². The van der Waals surface area contributed by atoms with E-state index in [0.717, 1.165) is 22.1 Å². The van der Waals surface area contributed by atoms with E-state index in [4.69, 9.17) is 4.74 Å². The summed E-state index contributed by atoms with van der Waals surface area (Å²) >= 11 is 1.66. The van der Waals surface area contributed by atoms with Crippen molar-refractivity contribution in [3.05, 3.63) is 53.2 Å². The number of aromatic hydroxyl groups is 1.